The van der Waals surface area contributed by atoms with E-state index < -0.39 is 0 Å². The number of para-hydroxylation sites is 2. The average Bonchev–Trinajstić information content (AvgIpc) is 3.09. The van der Waals surface area contributed by atoms with Crippen molar-refractivity contribution in [1.29, 1.82) is 0 Å². The van der Waals surface area contributed by atoms with Gasteiger partial charge in [0.1, 0.15) is 6.61 Å². The number of fused-ring (bicyclic) bond motifs is 1. The predicted octanol–water partition coefficient (Wildman–Crippen LogP) is 1.87. The second-order valence-electron chi connectivity index (χ2n) is 6.09. The molecular weight excluding hydrogens is 324 g/mol. The number of rotatable bonds is 6. The van der Waals surface area contributed by atoms with Crippen molar-refractivity contribution in [3.05, 3.63) is 36.0 Å². The molecule has 25 heavy (non-hydrogen) atoms. The minimum atomic E-state index is -0.272. The Labute approximate surface area is 145 Å². The number of aromatic nitrogens is 2. The first-order chi connectivity index (χ1) is 12.1. The molecule has 134 valence electrons. The van der Waals surface area contributed by atoms with Crippen LogP contribution in [-0.2, 0) is 6.42 Å². The maximum atomic E-state index is 11.8. The molecule has 3 rings (SSSR count). The van der Waals surface area contributed by atoms with Crippen LogP contribution < -0.4 is 20.1 Å². The monoisotopic (exact) mass is 346 g/mol. The van der Waals surface area contributed by atoms with E-state index in [0.29, 0.717) is 43.6 Å². The summed E-state index contributed by atoms with van der Waals surface area (Å²) in [6.45, 7) is 5.16. The standard InChI is InChI=1S/C17H22N4O4/c1-11(2)16-20-15(25-21-16)7-8-18-17(22)19-9-12-10-23-13-5-3-4-6-14(13)24-12/h3-6,11-12H,7-10H2,1-2H3,(H2,18,19,22). The first-order valence-electron chi connectivity index (χ1n) is 8.34. The SMILES string of the molecule is CC(C)c1noc(CCNC(=O)NCC2COc3ccccc3O2)n1. The Balaban J connectivity index is 1.36. The molecule has 0 fully saturated rings. The van der Waals surface area contributed by atoms with Gasteiger partial charge in [-0.1, -0.05) is 31.1 Å². The number of amides is 2. The van der Waals surface area contributed by atoms with Crippen molar-refractivity contribution in [3.8, 4) is 11.5 Å². The number of benzene rings is 1. The Morgan fingerprint density at radius 1 is 1.28 bits per heavy atom. The summed E-state index contributed by atoms with van der Waals surface area (Å²) in [5, 5.41) is 9.41. The molecule has 0 spiro atoms. The Morgan fingerprint density at radius 2 is 2.08 bits per heavy atom. The van der Waals surface area contributed by atoms with E-state index in [1.807, 2.05) is 38.1 Å². The number of urea groups is 1. The first-order valence-corrected chi connectivity index (χ1v) is 8.34. The van der Waals surface area contributed by atoms with Crippen LogP contribution in [0.4, 0.5) is 4.79 Å². The van der Waals surface area contributed by atoms with Crippen molar-refractivity contribution >= 4 is 6.03 Å². The fraction of sp³-hybridized carbons (Fsp3) is 0.471. The van der Waals surface area contributed by atoms with Gasteiger partial charge in [0.25, 0.3) is 0 Å². The van der Waals surface area contributed by atoms with Gasteiger partial charge < -0.3 is 24.6 Å². The lowest BCUT2D eigenvalue weighted by molar-refractivity contribution is 0.0918. The zero-order valence-electron chi connectivity index (χ0n) is 14.3. The Morgan fingerprint density at radius 3 is 2.84 bits per heavy atom. The highest BCUT2D eigenvalue weighted by Gasteiger charge is 2.21. The van der Waals surface area contributed by atoms with Crippen molar-refractivity contribution in [2.24, 2.45) is 0 Å². The molecule has 1 unspecified atom stereocenters. The van der Waals surface area contributed by atoms with Crippen LogP contribution in [0.1, 0.15) is 31.5 Å². The molecule has 0 saturated carbocycles. The number of nitrogens with one attached hydrogen (secondary N) is 2. The minimum absolute atomic E-state index is 0.217. The van der Waals surface area contributed by atoms with E-state index in [2.05, 4.69) is 20.8 Å². The molecule has 0 aliphatic carbocycles. The van der Waals surface area contributed by atoms with E-state index >= 15 is 0 Å². The third-order valence-corrected chi connectivity index (χ3v) is 3.68. The minimum Gasteiger partial charge on any atom is -0.486 e. The molecular formula is C17H22N4O4. The van der Waals surface area contributed by atoms with E-state index in [9.17, 15) is 4.79 Å². The molecule has 0 bridgehead atoms. The van der Waals surface area contributed by atoms with Crippen molar-refractivity contribution in [2.45, 2.75) is 32.3 Å². The van der Waals surface area contributed by atoms with Crippen molar-refractivity contribution in [3.63, 3.8) is 0 Å². The van der Waals surface area contributed by atoms with E-state index in [4.69, 9.17) is 14.0 Å². The lowest BCUT2D eigenvalue weighted by Gasteiger charge is -2.26. The molecule has 2 N–H and O–H groups in total. The molecule has 0 radical (unpaired) electrons. The quantitative estimate of drug-likeness (QED) is 0.828. The van der Waals surface area contributed by atoms with Crippen LogP contribution in [0.15, 0.2) is 28.8 Å². The number of ether oxygens (including phenoxy) is 2. The molecule has 1 aromatic carbocycles. The Kier molecular flexibility index (Phi) is 5.37. The van der Waals surface area contributed by atoms with Crippen LogP contribution in [0.5, 0.6) is 11.5 Å². The van der Waals surface area contributed by atoms with Gasteiger partial charge in [0.15, 0.2) is 23.4 Å². The molecule has 1 aliphatic rings. The van der Waals surface area contributed by atoms with Gasteiger partial charge in [-0.3, -0.25) is 0 Å². The highest BCUT2D eigenvalue weighted by Crippen LogP contribution is 2.30. The first kappa shape index (κ1) is 17.1. The molecule has 2 aromatic rings. The van der Waals surface area contributed by atoms with Crippen LogP contribution in [0.25, 0.3) is 0 Å². The number of carbonyl (C=O) groups is 1. The van der Waals surface area contributed by atoms with Crippen LogP contribution in [0.3, 0.4) is 0 Å². The largest absolute Gasteiger partial charge is 0.486 e. The summed E-state index contributed by atoms with van der Waals surface area (Å²) in [6, 6.07) is 7.20. The number of carbonyl (C=O) groups excluding carboxylic acids is 1. The fourth-order valence-electron chi connectivity index (χ4n) is 2.32. The van der Waals surface area contributed by atoms with Gasteiger partial charge in [-0.15, -0.1) is 0 Å². The third-order valence-electron chi connectivity index (χ3n) is 3.68. The van der Waals surface area contributed by atoms with Gasteiger partial charge in [0.05, 0.1) is 6.54 Å². The van der Waals surface area contributed by atoms with E-state index in [1.165, 1.54) is 0 Å². The van der Waals surface area contributed by atoms with Gasteiger partial charge in [-0.2, -0.15) is 4.98 Å². The van der Waals surface area contributed by atoms with E-state index in [1.54, 1.807) is 0 Å². The van der Waals surface area contributed by atoms with Crippen molar-refractivity contribution in [1.82, 2.24) is 20.8 Å². The molecule has 2 heterocycles. The second-order valence-corrected chi connectivity index (χ2v) is 6.09. The maximum Gasteiger partial charge on any atom is 0.314 e. The summed E-state index contributed by atoms with van der Waals surface area (Å²) in [4.78, 5) is 16.1. The van der Waals surface area contributed by atoms with Gasteiger partial charge in [-0.05, 0) is 12.1 Å². The summed E-state index contributed by atoms with van der Waals surface area (Å²) in [5.41, 5.74) is 0. The summed E-state index contributed by atoms with van der Waals surface area (Å²) in [6.07, 6.45) is 0.272. The van der Waals surface area contributed by atoms with Gasteiger partial charge in [0.2, 0.25) is 5.89 Å². The summed E-state index contributed by atoms with van der Waals surface area (Å²) < 4.78 is 16.5. The lowest BCUT2D eigenvalue weighted by atomic mass is 10.2. The number of hydrogen-bond donors (Lipinski definition) is 2. The van der Waals surface area contributed by atoms with Gasteiger partial charge in [0, 0.05) is 18.9 Å². The normalized spacial score (nSPS) is 15.9. The average molecular weight is 346 g/mol. The molecule has 8 heteroatoms. The molecule has 0 saturated heterocycles. The van der Waals surface area contributed by atoms with E-state index in [0.717, 1.165) is 5.75 Å². The smallest absolute Gasteiger partial charge is 0.314 e. The molecule has 8 nitrogen and oxygen atoms in total. The molecule has 1 atom stereocenters. The summed E-state index contributed by atoms with van der Waals surface area (Å²) >= 11 is 0. The third kappa shape index (κ3) is 4.62. The van der Waals surface area contributed by atoms with Gasteiger partial charge in [-0.25, -0.2) is 4.79 Å². The number of hydrogen-bond acceptors (Lipinski definition) is 6. The fourth-order valence-corrected chi connectivity index (χ4v) is 2.32. The van der Waals surface area contributed by atoms with Crippen molar-refractivity contribution in [2.75, 3.05) is 19.7 Å². The van der Waals surface area contributed by atoms with Gasteiger partial charge >= 0.3 is 6.03 Å². The highest BCUT2D eigenvalue weighted by molar-refractivity contribution is 5.73. The highest BCUT2D eigenvalue weighted by atomic mass is 16.6. The number of nitrogens with zero attached hydrogens (tertiary/aromatic N) is 2. The maximum absolute atomic E-state index is 11.8. The second kappa shape index (κ2) is 7.87. The van der Waals surface area contributed by atoms with Crippen LogP contribution in [-0.4, -0.2) is 42.0 Å². The van der Waals surface area contributed by atoms with Crippen LogP contribution in [0, 0.1) is 0 Å². The topological polar surface area (TPSA) is 98.5 Å². The van der Waals surface area contributed by atoms with Crippen LogP contribution >= 0.6 is 0 Å². The summed E-state index contributed by atoms with van der Waals surface area (Å²) in [5.74, 6) is 2.83. The predicted molar refractivity (Wildman–Crippen MR) is 89.8 cm³/mol. The summed E-state index contributed by atoms with van der Waals surface area (Å²) in [7, 11) is 0. The molecule has 1 aromatic heterocycles. The Hall–Kier alpha value is -2.77. The zero-order valence-corrected chi connectivity index (χ0v) is 14.3. The van der Waals surface area contributed by atoms with Crippen LogP contribution in [0.2, 0.25) is 0 Å². The van der Waals surface area contributed by atoms with Crippen molar-refractivity contribution < 1.29 is 18.8 Å². The lowest BCUT2D eigenvalue weighted by Crippen LogP contribution is -2.44. The zero-order chi connectivity index (χ0) is 17.6. The molecule has 1 aliphatic heterocycles. The molecule has 2 amide bonds. The Bertz CT molecular complexity index is 716. The van der Waals surface area contributed by atoms with E-state index in [-0.39, 0.29) is 18.1 Å².